The molecule has 1 N–H and O–H groups in total. The first-order valence-electron chi connectivity index (χ1n) is 7.13. The van der Waals surface area contributed by atoms with Gasteiger partial charge in [-0.3, -0.25) is 0 Å². The summed E-state index contributed by atoms with van der Waals surface area (Å²) in [6, 6.07) is 7.87. The molecule has 1 aliphatic rings. The first kappa shape index (κ1) is 16.3. The zero-order chi connectivity index (χ0) is 16.2. The van der Waals surface area contributed by atoms with Gasteiger partial charge in [-0.05, 0) is 49.4 Å². The van der Waals surface area contributed by atoms with Crippen LogP contribution in [0.4, 0.5) is 4.79 Å². The quantitative estimate of drug-likeness (QED) is 0.915. The Labute approximate surface area is 129 Å². The molecule has 1 saturated heterocycles. The highest BCUT2D eigenvalue weighted by Gasteiger charge is 2.24. The van der Waals surface area contributed by atoms with Crippen LogP contribution in [0.5, 0.6) is 0 Å². The highest BCUT2D eigenvalue weighted by Crippen LogP contribution is 2.23. The Bertz CT molecular complexity index is 668. The molecule has 1 aromatic carbocycles. The van der Waals surface area contributed by atoms with E-state index in [1.165, 1.54) is 29.2 Å². The number of piperidine rings is 1. The van der Waals surface area contributed by atoms with Crippen LogP contribution >= 0.6 is 0 Å². The molecule has 0 aromatic heterocycles. The van der Waals surface area contributed by atoms with E-state index in [-0.39, 0.29) is 16.6 Å². The summed E-state index contributed by atoms with van der Waals surface area (Å²) in [5.41, 5.74) is 0.431. The summed E-state index contributed by atoms with van der Waals surface area (Å²) in [6.45, 7) is 0.938. The average molecular weight is 322 g/mol. The summed E-state index contributed by atoms with van der Waals surface area (Å²) in [4.78, 5) is 12.4. The van der Waals surface area contributed by atoms with Crippen LogP contribution in [-0.2, 0) is 9.84 Å². The van der Waals surface area contributed by atoms with Crippen molar-refractivity contribution in [1.29, 1.82) is 5.26 Å². The van der Waals surface area contributed by atoms with Gasteiger partial charge in [0.05, 0.1) is 22.3 Å². The lowest BCUT2D eigenvalue weighted by Gasteiger charge is -2.29. The maximum absolute atomic E-state index is 12.3. The third-order valence-corrected chi connectivity index (χ3v) is 5.79. The van der Waals surface area contributed by atoms with E-state index in [9.17, 15) is 13.2 Å². The summed E-state index contributed by atoms with van der Waals surface area (Å²) in [6.07, 6.45) is 1.03. The van der Waals surface area contributed by atoms with Crippen molar-refractivity contribution in [3.63, 3.8) is 0 Å². The molecule has 6 nitrogen and oxygen atoms in total. The molecule has 7 heteroatoms. The largest absolute Gasteiger partial charge is 0.465 e. The van der Waals surface area contributed by atoms with E-state index in [1.807, 2.05) is 6.07 Å². The topological polar surface area (TPSA) is 98.5 Å². The standard InChI is InChI=1S/C15H18N2O4S/c16-11-13-1-3-14(4-2-13)22(20,21)10-7-12-5-8-17(9-6-12)15(18)19/h1-4,12H,5-10H2,(H,18,19). The van der Waals surface area contributed by atoms with Gasteiger partial charge in [0.2, 0.25) is 0 Å². The van der Waals surface area contributed by atoms with Crippen LogP contribution in [0.25, 0.3) is 0 Å². The second-order valence-corrected chi connectivity index (χ2v) is 7.57. The van der Waals surface area contributed by atoms with Gasteiger partial charge in [-0.25, -0.2) is 13.2 Å². The maximum Gasteiger partial charge on any atom is 0.407 e. The number of carboxylic acid groups (broad SMARTS) is 1. The van der Waals surface area contributed by atoms with E-state index >= 15 is 0 Å². The first-order chi connectivity index (χ1) is 10.4. The molecule has 0 saturated carbocycles. The number of hydrogen-bond donors (Lipinski definition) is 1. The van der Waals surface area contributed by atoms with Crippen molar-refractivity contribution in [3.05, 3.63) is 29.8 Å². The minimum Gasteiger partial charge on any atom is -0.465 e. The molecule has 1 aliphatic heterocycles. The van der Waals surface area contributed by atoms with Crippen molar-refractivity contribution >= 4 is 15.9 Å². The third kappa shape index (κ3) is 3.98. The Hall–Kier alpha value is -2.07. The summed E-state index contributed by atoms with van der Waals surface area (Å²) in [5.74, 6) is 0.292. The fraction of sp³-hybridized carbons (Fsp3) is 0.467. The molecule has 0 bridgehead atoms. The Balaban J connectivity index is 1.90. The molecule has 1 fully saturated rings. The number of amides is 1. The second kappa shape index (κ2) is 6.79. The third-order valence-electron chi connectivity index (χ3n) is 4.02. The molecule has 22 heavy (non-hydrogen) atoms. The van der Waals surface area contributed by atoms with E-state index in [0.717, 1.165) is 0 Å². The van der Waals surface area contributed by atoms with E-state index < -0.39 is 15.9 Å². The minimum atomic E-state index is -3.35. The SMILES string of the molecule is N#Cc1ccc(S(=O)(=O)CCC2CCN(C(=O)O)CC2)cc1. The van der Waals surface area contributed by atoms with Gasteiger partial charge in [0, 0.05) is 13.1 Å². The first-order valence-corrected chi connectivity index (χ1v) is 8.78. The highest BCUT2D eigenvalue weighted by atomic mass is 32.2. The van der Waals surface area contributed by atoms with E-state index in [2.05, 4.69) is 0 Å². The summed E-state index contributed by atoms with van der Waals surface area (Å²) in [7, 11) is -3.35. The predicted octanol–water partition coefficient (Wildman–Crippen LogP) is 2.11. The zero-order valence-electron chi connectivity index (χ0n) is 12.1. The summed E-state index contributed by atoms with van der Waals surface area (Å²) in [5, 5.41) is 17.6. The molecule has 0 atom stereocenters. The maximum atomic E-state index is 12.3. The molecule has 2 rings (SSSR count). The lowest BCUT2D eigenvalue weighted by molar-refractivity contribution is 0.124. The Morgan fingerprint density at radius 3 is 2.36 bits per heavy atom. The van der Waals surface area contributed by atoms with Crippen LogP contribution in [0.15, 0.2) is 29.2 Å². The van der Waals surface area contributed by atoms with Crippen LogP contribution in [0, 0.1) is 17.2 Å². The van der Waals surface area contributed by atoms with E-state index in [0.29, 0.717) is 37.9 Å². The fourth-order valence-corrected chi connectivity index (χ4v) is 4.02. The number of rotatable bonds is 4. The molecule has 118 valence electrons. The van der Waals surface area contributed by atoms with Gasteiger partial charge in [0.1, 0.15) is 0 Å². The number of benzene rings is 1. The Kier molecular flexibility index (Phi) is 5.03. The van der Waals surface area contributed by atoms with Crippen molar-refractivity contribution in [2.45, 2.75) is 24.2 Å². The summed E-state index contributed by atoms with van der Waals surface area (Å²) >= 11 is 0. The molecule has 0 radical (unpaired) electrons. The monoisotopic (exact) mass is 322 g/mol. The van der Waals surface area contributed by atoms with Crippen molar-refractivity contribution in [3.8, 4) is 6.07 Å². The van der Waals surface area contributed by atoms with Gasteiger partial charge in [-0.1, -0.05) is 0 Å². The molecular weight excluding hydrogens is 304 g/mol. The molecule has 1 aromatic rings. The minimum absolute atomic E-state index is 0.0522. The van der Waals surface area contributed by atoms with Crippen LogP contribution in [-0.4, -0.2) is 43.4 Å². The molecule has 0 unspecified atom stereocenters. The van der Waals surface area contributed by atoms with Crippen molar-refractivity contribution in [2.75, 3.05) is 18.8 Å². The normalized spacial score (nSPS) is 16.2. The van der Waals surface area contributed by atoms with E-state index in [4.69, 9.17) is 10.4 Å². The number of hydrogen-bond acceptors (Lipinski definition) is 4. The van der Waals surface area contributed by atoms with Crippen LogP contribution in [0.1, 0.15) is 24.8 Å². The number of nitriles is 1. The lowest BCUT2D eigenvalue weighted by Crippen LogP contribution is -2.37. The number of sulfone groups is 1. The van der Waals surface area contributed by atoms with Gasteiger partial charge in [-0.15, -0.1) is 0 Å². The van der Waals surface area contributed by atoms with Gasteiger partial charge in [0.15, 0.2) is 9.84 Å². The van der Waals surface area contributed by atoms with Crippen molar-refractivity contribution in [1.82, 2.24) is 4.90 Å². The van der Waals surface area contributed by atoms with Gasteiger partial charge < -0.3 is 10.0 Å². The van der Waals surface area contributed by atoms with Crippen molar-refractivity contribution < 1.29 is 18.3 Å². The van der Waals surface area contributed by atoms with E-state index in [1.54, 1.807) is 0 Å². The zero-order valence-corrected chi connectivity index (χ0v) is 12.9. The lowest BCUT2D eigenvalue weighted by atomic mass is 9.95. The molecule has 1 amide bonds. The van der Waals surface area contributed by atoms with Gasteiger partial charge in [0.25, 0.3) is 0 Å². The Morgan fingerprint density at radius 2 is 1.86 bits per heavy atom. The van der Waals surface area contributed by atoms with Crippen LogP contribution in [0.2, 0.25) is 0 Å². The second-order valence-electron chi connectivity index (χ2n) is 5.46. The smallest absolute Gasteiger partial charge is 0.407 e. The predicted molar refractivity (Wildman–Crippen MR) is 80.1 cm³/mol. The molecule has 0 spiro atoms. The number of nitrogens with zero attached hydrogens (tertiary/aromatic N) is 2. The number of carbonyl (C=O) groups is 1. The fourth-order valence-electron chi connectivity index (χ4n) is 2.59. The Morgan fingerprint density at radius 1 is 1.27 bits per heavy atom. The summed E-state index contributed by atoms with van der Waals surface area (Å²) < 4.78 is 24.5. The average Bonchev–Trinajstić information content (AvgIpc) is 2.53. The van der Waals surface area contributed by atoms with Crippen LogP contribution < -0.4 is 0 Å². The molecule has 1 heterocycles. The van der Waals surface area contributed by atoms with Crippen LogP contribution in [0.3, 0.4) is 0 Å². The highest BCUT2D eigenvalue weighted by molar-refractivity contribution is 7.91. The molecule has 0 aliphatic carbocycles. The van der Waals surface area contributed by atoms with Gasteiger partial charge in [-0.2, -0.15) is 5.26 Å². The number of likely N-dealkylation sites (tertiary alicyclic amines) is 1. The molecular formula is C15H18N2O4S. The van der Waals surface area contributed by atoms with Crippen molar-refractivity contribution in [2.24, 2.45) is 5.92 Å². The van der Waals surface area contributed by atoms with Gasteiger partial charge >= 0.3 is 6.09 Å².